The number of benzene rings is 1. The summed E-state index contributed by atoms with van der Waals surface area (Å²) in [6.45, 7) is 0. The van der Waals surface area contributed by atoms with E-state index in [1.165, 1.54) is 18.2 Å². The summed E-state index contributed by atoms with van der Waals surface area (Å²) in [4.78, 5) is 25.8. The molecule has 0 N–H and O–H groups in total. The highest BCUT2D eigenvalue weighted by Crippen LogP contribution is 2.23. The number of hydrogen-bond acceptors (Lipinski definition) is 7. The van der Waals surface area contributed by atoms with Crippen LogP contribution in [0.2, 0.25) is 0 Å². The van der Waals surface area contributed by atoms with Crippen LogP contribution in [0, 0.1) is 10.1 Å². The van der Waals surface area contributed by atoms with Gasteiger partial charge in [0.2, 0.25) is 5.90 Å². The summed E-state index contributed by atoms with van der Waals surface area (Å²) in [5.41, 5.74) is 0.605. The van der Waals surface area contributed by atoms with Crippen LogP contribution in [0.5, 0.6) is 5.75 Å². The summed E-state index contributed by atoms with van der Waals surface area (Å²) in [6.07, 6.45) is 1.28. The van der Waals surface area contributed by atoms with Crippen molar-refractivity contribution in [3.8, 4) is 5.75 Å². The second-order valence-corrected chi connectivity index (χ2v) is 4.50. The van der Waals surface area contributed by atoms with Crippen molar-refractivity contribution in [2.24, 2.45) is 4.99 Å². The van der Waals surface area contributed by atoms with Crippen LogP contribution < -0.4 is 4.74 Å². The van der Waals surface area contributed by atoms with E-state index in [0.29, 0.717) is 11.3 Å². The van der Waals surface area contributed by atoms with Gasteiger partial charge in [-0.3, -0.25) is 10.1 Å². The van der Waals surface area contributed by atoms with Crippen LogP contribution in [-0.2, 0) is 9.53 Å². The number of nitro groups is 1. The van der Waals surface area contributed by atoms with Gasteiger partial charge in [-0.2, -0.15) is 0 Å². The van der Waals surface area contributed by atoms with Crippen molar-refractivity contribution in [1.82, 2.24) is 0 Å². The van der Waals surface area contributed by atoms with E-state index in [4.69, 9.17) is 13.9 Å². The molecule has 0 saturated carbocycles. The highest BCUT2D eigenvalue weighted by molar-refractivity contribution is 6.12. The normalized spacial score (nSPS) is 15.4. The first-order valence-electron chi connectivity index (χ1n) is 6.48. The van der Waals surface area contributed by atoms with Gasteiger partial charge in [-0.05, 0) is 30.3 Å². The molecule has 0 radical (unpaired) electrons. The number of hydrogen-bond donors (Lipinski definition) is 0. The Morgan fingerprint density at radius 1 is 1.22 bits per heavy atom. The molecule has 1 aromatic heterocycles. The Labute approximate surface area is 129 Å². The number of furan rings is 1. The summed E-state index contributed by atoms with van der Waals surface area (Å²) in [5.74, 6) is -0.122. The van der Waals surface area contributed by atoms with Crippen molar-refractivity contribution in [3.05, 3.63) is 63.5 Å². The summed E-state index contributed by atoms with van der Waals surface area (Å²) in [6, 6.07) is 9.39. The number of aliphatic imine (C=N–C) groups is 1. The number of cyclic esters (lactones) is 1. The molecule has 8 nitrogen and oxygen atoms in total. The van der Waals surface area contributed by atoms with Gasteiger partial charge in [0.15, 0.2) is 5.70 Å². The quantitative estimate of drug-likeness (QED) is 0.372. The van der Waals surface area contributed by atoms with Crippen LogP contribution in [0.25, 0.3) is 6.08 Å². The molecule has 1 aliphatic heterocycles. The first-order chi connectivity index (χ1) is 11.1. The summed E-state index contributed by atoms with van der Waals surface area (Å²) >= 11 is 0. The van der Waals surface area contributed by atoms with Crippen LogP contribution in [0.3, 0.4) is 0 Å². The molecule has 0 bridgehead atoms. The predicted octanol–water partition coefficient (Wildman–Crippen LogP) is 2.54. The van der Waals surface area contributed by atoms with Gasteiger partial charge in [-0.15, -0.1) is 0 Å². The Bertz CT molecular complexity index is 832. The van der Waals surface area contributed by atoms with E-state index in [1.54, 1.807) is 31.4 Å². The minimum absolute atomic E-state index is 0.0000611. The molecule has 0 saturated heterocycles. The van der Waals surface area contributed by atoms with E-state index in [2.05, 4.69) is 4.99 Å². The van der Waals surface area contributed by atoms with Gasteiger partial charge in [0.1, 0.15) is 16.4 Å². The average molecular weight is 314 g/mol. The minimum Gasteiger partial charge on any atom is -0.497 e. The second kappa shape index (κ2) is 5.76. The fourth-order valence-electron chi connectivity index (χ4n) is 1.92. The molecule has 2 aromatic rings. The van der Waals surface area contributed by atoms with Crippen molar-refractivity contribution in [2.75, 3.05) is 7.11 Å². The monoisotopic (exact) mass is 314 g/mol. The average Bonchev–Trinajstić information content (AvgIpc) is 3.15. The zero-order chi connectivity index (χ0) is 16.4. The van der Waals surface area contributed by atoms with Crippen LogP contribution >= 0.6 is 0 Å². The molecule has 2 heterocycles. The third-order valence-corrected chi connectivity index (χ3v) is 3.03. The lowest BCUT2D eigenvalue weighted by Gasteiger charge is -2.01. The maximum absolute atomic E-state index is 11.8. The molecule has 23 heavy (non-hydrogen) atoms. The summed E-state index contributed by atoms with van der Waals surface area (Å²) < 4.78 is 15.1. The van der Waals surface area contributed by atoms with Gasteiger partial charge in [0, 0.05) is 11.6 Å². The molecule has 0 aliphatic carbocycles. The van der Waals surface area contributed by atoms with E-state index >= 15 is 0 Å². The fourth-order valence-corrected chi connectivity index (χ4v) is 1.92. The standard InChI is InChI=1S/C15H10N2O6/c1-21-10-4-2-9(3-5-10)14-16-12(15(18)23-14)8-11-6-7-13(22-11)17(19)20/h2-8H,1H3/b12-8-. The van der Waals surface area contributed by atoms with E-state index < -0.39 is 16.8 Å². The van der Waals surface area contributed by atoms with Crippen molar-refractivity contribution < 1.29 is 23.6 Å². The number of methoxy groups -OCH3 is 1. The molecular weight excluding hydrogens is 304 g/mol. The largest absolute Gasteiger partial charge is 0.497 e. The number of ether oxygens (including phenoxy) is 2. The Hall–Kier alpha value is -3.42. The Morgan fingerprint density at radius 2 is 1.96 bits per heavy atom. The molecule has 1 aromatic carbocycles. The molecule has 116 valence electrons. The third-order valence-electron chi connectivity index (χ3n) is 3.03. The zero-order valence-corrected chi connectivity index (χ0v) is 11.9. The lowest BCUT2D eigenvalue weighted by atomic mass is 10.2. The van der Waals surface area contributed by atoms with Gasteiger partial charge in [-0.25, -0.2) is 9.79 Å². The Kier molecular flexibility index (Phi) is 3.63. The number of carbonyl (C=O) groups excluding carboxylic acids is 1. The van der Waals surface area contributed by atoms with Gasteiger partial charge in [-0.1, -0.05) is 0 Å². The lowest BCUT2D eigenvalue weighted by Crippen LogP contribution is -2.05. The first-order valence-corrected chi connectivity index (χ1v) is 6.48. The maximum Gasteiger partial charge on any atom is 0.433 e. The summed E-state index contributed by atoms with van der Waals surface area (Å²) in [5, 5.41) is 10.6. The predicted molar refractivity (Wildman–Crippen MR) is 79.0 cm³/mol. The third kappa shape index (κ3) is 2.95. The highest BCUT2D eigenvalue weighted by atomic mass is 16.6. The maximum atomic E-state index is 11.8. The fraction of sp³-hybridized carbons (Fsp3) is 0.0667. The first kappa shape index (κ1) is 14.5. The van der Waals surface area contributed by atoms with Crippen LogP contribution in [-0.4, -0.2) is 23.9 Å². The minimum atomic E-state index is -0.666. The SMILES string of the molecule is COc1ccc(C2=N/C(=C\c3ccc([N+](=O)[O-])o3)C(=O)O2)cc1. The van der Waals surface area contributed by atoms with Crippen LogP contribution in [0.15, 0.2) is 51.5 Å². The topological polar surface area (TPSA) is 104 Å². The number of esters is 1. The van der Waals surface area contributed by atoms with E-state index in [9.17, 15) is 14.9 Å². The van der Waals surface area contributed by atoms with Gasteiger partial charge >= 0.3 is 11.9 Å². The van der Waals surface area contributed by atoms with E-state index in [1.807, 2.05) is 0 Å². The zero-order valence-electron chi connectivity index (χ0n) is 11.9. The number of nitrogens with zero attached hydrogens (tertiary/aromatic N) is 2. The van der Waals surface area contributed by atoms with E-state index in [-0.39, 0.29) is 17.4 Å². The molecule has 0 unspecified atom stereocenters. The van der Waals surface area contributed by atoms with Crippen molar-refractivity contribution in [1.29, 1.82) is 0 Å². The number of carbonyl (C=O) groups is 1. The van der Waals surface area contributed by atoms with Crippen LogP contribution in [0.4, 0.5) is 5.88 Å². The molecule has 8 heteroatoms. The van der Waals surface area contributed by atoms with Gasteiger partial charge in [0.25, 0.3) is 0 Å². The lowest BCUT2D eigenvalue weighted by molar-refractivity contribution is -0.402. The van der Waals surface area contributed by atoms with Crippen LogP contribution in [0.1, 0.15) is 11.3 Å². The molecule has 0 fully saturated rings. The Morgan fingerprint density at radius 3 is 2.57 bits per heavy atom. The summed E-state index contributed by atoms with van der Waals surface area (Å²) in [7, 11) is 1.55. The highest BCUT2D eigenvalue weighted by Gasteiger charge is 2.25. The Balaban J connectivity index is 1.87. The molecule has 0 atom stereocenters. The van der Waals surface area contributed by atoms with Gasteiger partial charge in [0.05, 0.1) is 13.2 Å². The molecule has 3 rings (SSSR count). The van der Waals surface area contributed by atoms with Crippen molar-refractivity contribution >= 4 is 23.8 Å². The van der Waals surface area contributed by atoms with Gasteiger partial charge < -0.3 is 13.9 Å². The molecule has 0 spiro atoms. The van der Waals surface area contributed by atoms with Crippen molar-refractivity contribution in [2.45, 2.75) is 0 Å². The smallest absolute Gasteiger partial charge is 0.433 e. The van der Waals surface area contributed by atoms with Crippen molar-refractivity contribution in [3.63, 3.8) is 0 Å². The number of rotatable bonds is 4. The molecular formula is C15H10N2O6. The molecule has 1 aliphatic rings. The van der Waals surface area contributed by atoms with E-state index in [0.717, 1.165) is 0 Å². The second-order valence-electron chi connectivity index (χ2n) is 4.50. The molecule has 0 amide bonds.